The Labute approximate surface area is 168 Å². The number of carbonyl (C=O) groups excluding carboxylic acids is 1. The van der Waals surface area contributed by atoms with Gasteiger partial charge in [-0.2, -0.15) is 0 Å². The van der Waals surface area contributed by atoms with Crippen molar-refractivity contribution < 1.29 is 9.90 Å². The van der Waals surface area contributed by atoms with Crippen LogP contribution in [0.5, 0.6) is 0 Å². The molecule has 1 saturated carbocycles. The van der Waals surface area contributed by atoms with E-state index in [-0.39, 0.29) is 42.7 Å². The van der Waals surface area contributed by atoms with E-state index in [0.717, 1.165) is 39.0 Å². The number of hydrogen-bond acceptors (Lipinski definition) is 4. The molecular weight excluding hydrogens is 373 g/mol. The summed E-state index contributed by atoms with van der Waals surface area (Å²) >= 11 is 0. The van der Waals surface area contributed by atoms with Crippen LogP contribution in [0.1, 0.15) is 30.4 Å². The zero-order valence-corrected chi connectivity index (χ0v) is 17.2. The number of rotatable bonds is 2. The maximum absolute atomic E-state index is 12.7. The van der Waals surface area contributed by atoms with Gasteiger partial charge in [-0.15, -0.1) is 24.8 Å². The molecule has 1 aliphatic heterocycles. The molecule has 0 radical (unpaired) electrons. The number of benzene rings is 1. The topological polar surface area (TPSA) is 69.8 Å². The number of aliphatic hydroxyl groups is 1. The fraction of sp³-hybridized carbons (Fsp3) is 0.632. The highest BCUT2D eigenvalue weighted by Crippen LogP contribution is 2.27. The summed E-state index contributed by atoms with van der Waals surface area (Å²) in [6.07, 6.45) is 1.51. The summed E-state index contributed by atoms with van der Waals surface area (Å²) < 4.78 is 0. The largest absolute Gasteiger partial charge is 0.391 e. The lowest BCUT2D eigenvalue weighted by molar-refractivity contribution is -0.138. The Morgan fingerprint density at radius 1 is 1.12 bits per heavy atom. The van der Waals surface area contributed by atoms with Gasteiger partial charge in [0.15, 0.2) is 0 Å². The summed E-state index contributed by atoms with van der Waals surface area (Å²) in [5, 5.41) is 9.94. The maximum atomic E-state index is 12.7. The second-order valence-corrected chi connectivity index (χ2v) is 7.27. The fourth-order valence-corrected chi connectivity index (χ4v) is 3.90. The van der Waals surface area contributed by atoms with Crippen LogP contribution in [-0.4, -0.2) is 54.2 Å². The van der Waals surface area contributed by atoms with E-state index in [2.05, 4.69) is 36.9 Å². The number of nitrogens with two attached hydrogens (primary N) is 1. The molecule has 2 aliphatic rings. The Hall–Kier alpha value is -1.01. The summed E-state index contributed by atoms with van der Waals surface area (Å²) in [4.78, 5) is 17.1. The lowest BCUT2D eigenvalue weighted by atomic mass is 9.83. The fourth-order valence-electron chi connectivity index (χ4n) is 3.90. The van der Waals surface area contributed by atoms with Gasteiger partial charge in [0, 0.05) is 43.8 Å². The molecule has 1 aromatic carbocycles. The van der Waals surface area contributed by atoms with Crippen molar-refractivity contribution in [1.82, 2.24) is 4.90 Å². The number of hydrogen-bond donors (Lipinski definition) is 2. The summed E-state index contributed by atoms with van der Waals surface area (Å²) in [7, 11) is 0. The van der Waals surface area contributed by atoms with Gasteiger partial charge in [-0.25, -0.2) is 0 Å². The van der Waals surface area contributed by atoms with E-state index in [0.29, 0.717) is 6.42 Å². The summed E-state index contributed by atoms with van der Waals surface area (Å²) in [6, 6.07) is 6.23. The lowest BCUT2D eigenvalue weighted by Crippen LogP contribution is -2.52. The van der Waals surface area contributed by atoms with E-state index in [9.17, 15) is 9.90 Å². The van der Waals surface area contributed by atoms with Gasteiger partial charge in [0.2, 0.25) is 5.91 Å². The number of piperazine rings is 1. The van der Waals surface area contributed by atoms with Crippen LogP contribution in [0.15, 0.2) is 18.2 Å². The van der Waals surface area contributed by atoms with Gasteiger partial charge in [0.05, 0.1) is 6.10 Å². The molecule has 5 nitrogen and oxygen atoms in total. The van der Waals surface area contributed by atoms with Gasteiger partial charge >= 0.3 is 0 Å². The number of aryl methyl sites for hydroxylation is 1. The third-order valence-corrected chi connectivity index (χ3v) is 5.73. The standard InChI is InChI=1S/C19H29N3O2.2ClH/c1-13-4-3-5-17(14(13)2)21-8-10-22(11-9-21)19(24)15-6-7-16(20)18(23)12-15;;/h3-5,15-16,18,23H,6-12,20H2,1-2H3;2*1H/t15-,16+,18+;;/m0../s1. The average molecular weight is 404 g/mol. The first-order chi connectivity index (χ1) is 11.5. The van der Waals surface area contributed by atoms with Crippen LogP contribution in [0.3, 0.4) is 0 Å². The number of carbonyl (C=O) groups is 1. The van der Waals surface area contributed by atoms with E-state index in [4.69, 9.17) is 5.73 Å². The van der Waals surface area contributed by atoms with Crippen molar-refractivity contribution in [2.45, 2.75) is 45.3 Å². The van der Waals surface area contributed by atoms with E-state index < -0.39 is 6.10 Å². The van der Waals surface area contributed by atoms with E-state index in [1.54, 1.807) is 0 Å². The average Bonchev–Trinajstić information content (AvgIpc) is 2.59. The van der Waals surface area contributed by atoms with Gasteiger partial charge in [0.25, 0.3) is 0 Å². The minimum atomic E-state index is -0.538. The molecule has 1 amide bonds. The first-order valence-electron chi connectivity index (χ1n) is 9.01. The van der Waals surface area contributed by atoms with Crippen LogP contribution < -0.4 is 10.6 Å². The summed E-state index contributed by atoms with van der Waals surface area (Å²) in [5.74, 6) is 0.133. The lowest BCUT2D eigenvalue weighted by Gasteiger charge is -2.39. The Morgan fingerprint density at radius 3 is 2.38 bits per heavy atom. The molecule has 1 saturated heterocycles. The van der Waals surface area contributed by atoms with Crippen molar-refractivity contribution in [3.05, 3.63) is 29.3 Å². The molecule has 26 heavy (non-hydrogen) atoms. The van der Waals surface area contributed by atoms with Crippen molar-refractivity contribution in [3.63, 3.8) is 0 Å². The smallest absolute Gasteiger partial charge is 0.225 e. The maximum Gasteiger partial charge on any atom is 0.225 e. The van der Waals surface area contributed by atoms with Gasteiger partial charge in [0.1, 0.15) is 0 Å². The molecule has 3 N–H and O–H groups in total. The molecule has 7 heteroatoms. The number of aliphatic hydroxyl groups excluding tert-OH is 1. The molecule has 0 unspecified atom stereocenters. The number of halogens is 2. The minimum Gasteiger partial charge on any atom is -0.391 e. The van der Waals surface area contributed by atoms with Crippen molar-refractivity contribution in [2.24, 2.45) is 11.7 Å². The number of nitrogens with zero attached hydrogens (tertiary/aromatic N) is 2. The SMILES string of the molecule is Cc1cccc(N2CCN(C(=O)[C@H]3CC[C@@H](N)[C@H](O)C3)CC2)c1C.Cl.Cl. The first-order valence-corrected chi connectivity index (χ1v) is 9.01. The molecule has 2 fully saturated rings. The predicted octanol–water partition coefficient (Wildman–Crippen LogP) is 2.28. The van der Waals surface area contributed by atoms with Crippen molar-refractivity contribution in [1.29, 1.82) is 0 Å². The van der Waals surface area contributed by atoms with E-state index in [1.165, 1.54) is 16.8 Å². The van der Waals surface area contributed by atoms with Crippen LogP contribution in [-0.2, 0) is 4.79 Å². The molecule has 148 valence electrons. The van der Waals surface area contributed by atoms with Crippen LogP contribution in [0.4, 0.5) is 5.69 Å². The van der Waals surface area contributed by atoms with Crippen molar-refractivity contribution >= 4 is 36.4 Å². The van der Waals surface area contributed by atoms with Crippen molar-refractivity contribution in [2.75, 3.05) is 31.1 Å². The summed E-state index contributed by atoms with van der Waals surface area (Å²) in [5.41, 5.74) is 9.75. The third-order valence-electron chi connectivity index (χ3n) is 5.73. The Balaban J connectivity index is 0.00000169. The molecule has 0 aromatic heterocycles. The highest BCUT2D eigenvalue weighted by Gasteiger charge is 2.34. The molecule has 1 aromatic rings. The summed E-state index contributed by atoms with van der Waals surface area (Å²) in [6.45, 7) is 7.54. The third kappa shape index (κ3) is 4.83. The number of anilines is 1. The normalized spacial score (nSPS) is 25.9. The van der Waals surface area contributed by atoms with E-state index >= 15 is 0 Å². The second kappa shape index (κ2) is 9.79. The monoisotopic (exact) mass is 403 g/mol. The minimum absolute atomic E-state index is 0. The molecule has 0 spiro atoms. The van der Waals surface area contributed by atoms with Crippen molar-refractivity contribution in [3.8, 4) is 0 Å². The Bertz CT molecular complexity index is 606. The second-order valence-electron chi connectivity index (χ2n) is 7.27. The highest BCUT2D eigenvalue weighted by molar-refractivity contribution is 5.85. The van der Waals surface area contributed by atoms with Gasteiger partial charge in [-0.3, -0.25) is 4.79 Å². The highest BCUT2D eigenvalue weighted by atomic mass is 35.5. The Morgan fingerprint density at radius 2 is 1.77 bits per heavy atom. The predicted molar refractivity (Wildman–Crippen MR) is 111 cm³/mol. The quantitative estimate of drug-likeness (QED) is 0.794. The van der Waals surface area contributed by atoms with Gasteiger partial charge in [-0.1, -0.05) is 12.1 Å². The van der Waals surface area contributed by atoms with Crippen LogP contribution >= 0.6 is 24.8 Å². The molecule has 1 heterocycles. The molecule has 3 atom stereocenters. The zero-order valence-electron chi connectivity index (χ0n) is 15.6. The molecular formula is C19H31Cl2N3O2. The zero-order chi connectivity index (χ0) is 17.3. The number of amides is 1. The Kier molecular flexibility index (Phi) is 8.67. The van der Waals surface area contributed by atoms with Crippen LogP contribution in [0.2, 0.25) is 0 Å². The van der Waals surface area contributed by atoms with Crippen LogP contribution in [0.25, 0.3) is 0 Å². The first kappa shape index (κ1) is 23.0. The van der Waals surface area contributed by atoms with Crippen LogP contribution in [0, 0.1) is 19.8 Å². The molecule has 1 aliphatic carbocycles. The van der Waals surface area contributed by atoms with Gasteiger partial charge < -0.3 is 20.6 Å². The van der Waals surface area contributed by atoms with Gasteiger partial charge in [-0.05, 0) is 50.3 Å². The molecule has 3 rings (SSSR count). The molecule has 0 bridgehead atoms. The van der Waals surface area contributed by atoms with E-state index in [1.807, 2.05) is 4.90 Å².